The number of urea groups is 1. The van der Waals surface area contributed by atoms with Gasteiger partial charge in [-0.3, -0.25) is 0 Å². The summed E-state index contributed by atoms with van der Waals surface area (Å²) in [5.74, 6) is 1.07. The molecule has 1 fully saturated rings. The van der Waals surface area contributed by atoms with Crippen LogP contribution in [0.25, 0.3) is 0 Å². The number of rotatable bonds is 2. The van der Waals surface area contributed by atoms with E-state index in [9.17, 15) is 4.79 Å². The molecule has 6 heteroatoms. The topological polar surface area (TPSA) is 71.3 Å². The molecule has 6 nitrogen and oxygen atoms in total. The van der Waals surface area contributed by atoms with Gasteiger partial charge in [-0.25, -0.2) is 4.79 Å². The molecule has 2 amide bonds. The van der Waals surface area contributed by atoms with Crippen molar-refractivity contribution in [1.29, 1.82) is 0 Å². The summed E-state index contributed by atoms with van der Waals surface area (Å²) in [5, 5.41) is 6.33. The van der Waals surface area contributed by atoms with Crippen molar-refractivity contribution < 1.29 is 9.32 Å². The molecule has 0 bridgehead atoms. The third kappa shape index (κ3) is 1.61. The Morgan fingerprint density at radius 3 is 3.08 bits per heavy atom. The lowest BCUT2D eigenvalue weighted by Gasteiger charge is -2.09. The Balaban J connectivity index is 2.01. The smallest absolute Gasteiger partial charge is 0.317 e. The maximum atomic E-state index is 11.1. The summed E-state index contributed by atoms with van der Waals surface area (Å²) in [4.78, 5) is 16.8. The van der Waals surface area contributed by atoms with Crippen molar-refractivity contribution in [2.45, 2.75) is 13.5 Å². The Kier molecular flexibility index (Phi) is 1.88. The van der Waals surface area contributed by atoms with Crippen LogP contribution in [0.5, 0.6) is 0 Å². The first-order valence-electron chi connectivity index (χ1n) is 4.07. The van der Waals surface area contributed by atoms with Gasteiger partial charge in [-0.1, -0.05) is 5.16 Å². The SMILES string of the molecule is Cc1noc(CN2CCNC2=O)n1. The number of nitrogens with zero attached hydrogens (tertiary/aromatic N) is 3. The number of aromatic nitrogens is 2. The van der Waals surface area contributed by atoms with Crippen molar-refractivity contribution in [3.8, 4) is 0 Å². The number of nitrogens with one attached hydrogen (secondary N) is 1. The largest absolute Gasteiger partial charge is 0.337 e. The van der Waals surface area contributed by atoms with E-state index in [0.29, 0.717) is 31.3 Å². The lowest BCUT2D eigenvalue weighted by atomic mass is 10.5. The lowest BCUT2D eigenvalue weighted by Crippen LogP contribution is -2.27. The second kappa shape index (κ2) is 3.04. The Morgan fingerprint density at radius 2 is 2.54 bits per heavy atom. The van der Waals surface area contributed by atoms with Gasteiger partial charge >= 0.3 is 6.03 Å². The Hall–Kier alpha value is -1.59. The lowest BCUT2D eigenvalue weighted by molar-refractivity contribution is 0.207. The van der Waals surface area contributed by atoms with E-state index in [4.69, 9.17) is 4.52 Å². The molecular formula is C7H10N4O2. The van der Waals surface area contributed by atoms with E-state index in [0.717, 1.165) is 0 Å². The average Bonchev–Trinajstić information content (AvgIpc) is 2.64. The first-order valence-corrected chi connectivity index (χ1v) is 4.07. The summed E-state index contributed by atoms with van der Waals surface area (Å²) in [7, 11) is 0. The van der Waals surface area contributed by atoms with Crippen molar-refractivity contribution in [1.82, 2.24) is 20.4 Å². The quantitative estimate of drug-likeness (QED) is 0.693. The molecule has 13 heavy (non-hydrogen) atoms. The normalized spacial score (nSPS) is 16.4. The molecule has 1 saturated heterocycles. The first kappa shape index (κ1) is 8.03. The fourth-order valence-corrected chi connectivity index (χ4v) is 1.23. The zero-order valence-electron chi connectivity index (χ0n) is 7.28. The van der Waals surface area contributed by atoms with Crippen LogP contribution in [0.15, 0.2) is 4.52 Å². The standard InChI is InChI=1S/C7H10N4O2/c1-5-9-6(13-10-5)4-11-3-2-8-7(11)12/h2-4H2,1H3,(H,8,12). The highest BCUT2D eigenvalue weighted by Crippen LogP contribution is 2.04. The minimum Gasteiger partial charge on any atom is -0.337 e. The molecule has 1 aliphatic rings. The molecule has 1 aliphatic heterocycles. The van der Waals surface area contributed by atoms with Gasteiger partial charge in [0.1, 0.15) is 6.54 Å². The molecule has 0 aliphatic carbocycles. The van der Waals surface area contributed by atoms with Crippen LogP contribution in [0.1, 0.15) is 11.7 Å². The van der Waals surface area contributed by atoms with Gasteiger partial charge in [0.25, 0.3) is 0 Å². The van der Waals surface area contributed by atoms with E-state index >= 15 is 0 Å². The summed E-state index contributed by atoms with van der Waals surface area (Å²) in [5.41, 5.74) is 0. The fraction of sp³-hybridized carbons (Fsp3) is 0.571. The molecular weight excluding hydrogens is 172 g/mol. The van der Waals surface area contributed by atoms with Crippen molar-refractivity contribution in [2.24, 2.45) is 0 Å². The maximum absolute atomic E-state index is 11.1. The van der Waals surface area contributed by atoms with Crippen LogP contribution in [0.4, 0.5) is 4.79 Å². The Morgan fingerprint density at radius 1 is 1.69 bits per heavy atom. The number of hydrogen-bond donors (Lipinski definition) is 1. The van der Waals surface area contributed by atoms with Crippen LogP contribution in [0.3, 0.4) is 0 Å². The van der Waals surface area contributed by atoms with Crippen molar-refractivity contribution >= 4 is 6.03 Å². The van der Waals surface area contributed by atoms with Gasteiger partial charge in [-0.2, -0.15) is 4.98 Å². The molecule has 2 heterocycles. The molecule has 0 spiro atoms. The van der Waals surface area contributed by atoms with Crippen LogP contribution >= 0.6 is 0 Å². The van der Waals surface area contributed by atoms with E-state index in [2.05, 4.69) is 15.5 Å². The van der Waals surface area contributed by atoms with Gasteiger partial charge in [0.15, 0.2) is 5.82 Å². The minimum atomic E-state index is -0.0733. The summed E-state index contributed by atoms with van der Waals surface area (Å²) in [6.07, 6.45) is 0. The van der Waals surface area contributed by atoms with Crippen LogP contribution in [-0.4, -0.2) is 34.2 Å². The molecule has 1 N–H and O–H groups in total. The van der Waals surface area contributed by atoms with E-state index in [1.54, 1.807) is 11.8 Å². The summed E-state index contributed by atoms with van der Waals surface area (Å²) < 4.78 is 4.89. The van der Waals surface area contributed by atoms with Crippen molar-refractivity contribution in [2.75, 3.05) is 13.1 Å². The van der Waals surface area contributed by atoms with Gasteiger partial charge in [0.2, 0.25) is 5.89 Å². The Bertz CT molecular complexity index is 322. The number of carbonyl (C=O) groups is 1. The number of hydrogen-bond acceptors (Lipinski definition) is 4. The highest BCUT2D eigenvalue weighted by atomic mass is 16.5. The molecule has 0 unspecified atom stereocenters. The minimum absolute atomic E-state index is 0.0733. The molecule has 1 aromatic heterocycles. The van der Waals surface area contributed by atoms with E-state index in [1.165, 1.54) is 0 Å². The zero-order valence-corrected chi connectivity index (χ0v) is 7.28. The van der Waals surface area contributed by atoms with E-state index in [1.807, 2.05) is 0 Å². The monoisotopic (exact) mass is 182 g/mol. The van der Waals surface area contributed by atoms with Crippen molar-refractivity contribution in [3.63, 3.8) is 0 Å². The molecule has 70 valence electrons. The van der Waals surface area contributed by atoms with Crippen LogP contribution < -0.4 is 5.32 Å². The van der Waals surface area contributed by atoms with Gasteiger partial charge in [-0.05, 0) is 6.92 Å². The zero-order chi connectivity index (χ0) is 9.26. The van der Waals surface area contributed by atoms with Gasteiger partial charge in [-0.15, -0.1) is 0 Å². The molecule has 2 rings (SSSR count). The Labute approximate surface area is 74.9 Å². The molecule has 0 saturated carbocycles. The number of amides is 2. The average molecular weight is 182 g/mol. The predicted octanol–water partition coefficient (Wildman–Crippen LogP) is -0.0968. The third-order valence-corrected chi connectivity index (χ3v) is 1.84. The predicted molar refractivity (Wildman–Crippen MR) is 42.8 cm³/mol. The third-order valence-electron chi connectivity index (χ3n) is 1.84. The van der Waals surface area contributed by atoms with Gasteiger partial charge in [0, 0.05) is 13.1 Å². The van der Waals surface area contributed by atoms with Crippen LogP contribution in [0.2, 0.25) is 0 Å². The number of carbonyl (C=O) groups excluding carboxylic acids is 1. The summed E-state index contributed by atoms with van der Waals surface area (Å²) >= 11 is 0. The second-order valence-electron chi connectivity index (χ2n) is 2.89. The molecule has 0 radical (unpaired) electrons. The van der Waals surface area contributed by atoms with Crippen molar-refractivity contribution in [3.05, 3.63) is 11.7 Å². The van der Waals surface area contributed by atoms with Gasteiger partial charge in [0.05, 0.1) is 0 Å². The fourth-order valence-electron chi connectivity index (χ4n) is 1.23. The molecule has 0 aromatic carbocycles. The van der Waals surface area contributed by atoms with E-state index < -0.39 is 0 Å². The highest BCUT2D eigenvalue weighted by Gasteiger charge is 2.21. The summed E-state index contributed by atoms with van der Waals surface area (Å²) in [6, 6.07) is -0.0733. The number of aryl methyl sites for hydroxylation is 1. The van der Waals surface area contributed by atoms with Gasteiger partial charge < -0.3 is 14.7 Å². The highest BCUT2D eigenvalue weighted by molar-refractivity contribution is 5.75. The molecule has 1 aromatic rings. The van der Waals surface area contributed by atoms with Crippen LogP contribution in [0, 0.1) is 6.92 Å². The van der Waals surface area contributed by atoms with Crippen LogP contribution in [-0.2, 0) is 6.54 Å². The first-order chi connectivity index (χ1) is 6.25. The van der Waals surface area contributed by atoms with E-state index in [-0.39, 0.29) is 6.03 Å². The second-order valence-corrected chi connectivity index (χ2v) is 2.89. The molecule has 0 atom stereocenters. The maximum Gasteiger partial charge on any atom is 0.317 e. The summed E-state index contributed by atoms with van der Waals surface area (Å²) in [6.45, 7) is 3.52.